The van der Waals surface area contributed by atoms with Gasteiger partial charge in [0, 0.05) is 3.57 Å². The maximum atomic E-state index is 12.4. The zero-order valence-corrected chi connectivity index (χ0v) is 21.2. The van der Waals surface area contributed by atoms with Gasteiger partial charge in [0.15, 0.2) is 0 Å². The van der Waals surface area contributed by atoms with Crippen LogP contribution in [0.4, 0.5) is 4.79 Å². The molecule has 0 aliphatic rings. The average molecular weight is 557 g/mol. The number of ether oxygens (including phenoxy) is 2. The van der Waals surface area contributed by atoms with E-state index in [1.165, 1.54) is 5.56 Å². The maximum absolute atomic E-state index is 12.4. The number of esters is 1. The van der Waals surface area contributed by atoms with E-state index in [2.05, 4.69) is 53.0 Å². The molecule has 0 atom stereocenters. The second-order valence-corrected chi connectivity index (χ2v) is 9.26. The molecule has 0 spiro atoms. The van der Waals surface area contributed by atoms with Crippen LogP contribution in [0.1, 0.15) is 30.5 Å². The Balaban J connectivity index is 1.48. The van der Waals surface area contributed by atoms with Crippen LogP contribution >= 0.6 is 22.6 Å². The summed E-state index contributed by atoms with van der Waals surface area (Å²) in [6.45, 7) is 5.98. The van der Waals surface area contributed by atoms with Crippen molar-refractivity contribution in [1.82, 2.24) is 5.32 Å². The second kappa shape index (κ2) is 11.3. The van der Waals surface area contributed by atoms with Crippen molar-refractivity contribution in [2.45, 2.75) is 32.8 Å². The third-order valence-corrected chi connectivity index (χ3v) is 6.57. The fourth-order valence-corrected chi connectivity index (χ4v) is 4.33. The smallest absolute Gasteiger partial charge is 0.408 e. The van der Waals surface area contributed by atoms with E-state index in [4.69, 9.17) is 9.47 Å². The topological polar surface area (TPSA) is 64.6 Å². The van der Waals surface area contributed by atoms with Crippen molar-refractivity contribution in [2.24, 2.45) is 0 Å². The second-order valence-electron chi connectivity index (χ2n) is 8.18. The zero-order valence-electron chi connectivity index (χ0n) is 19.1. The van der Waals surface area contributed by atoms with Crippen molar-refractivity contribution in [1.29, 1.82) is 0 Å². The van der Waals surface area contributed by atoms with E-state index in [0.29, 0.717) is 0 Å². The minimum absolute atomic E-state index is 0.0771. The van der Waals surface area contributed by atoms with Gasteiger partial charge in [-0.05, 0) is 71.2 Å². The standard InChI is InChI=1S/C27H28INO4/c1-19-10-7-8-14-22(19)23-15-9-11-20(25(23)28)18-24(30)32-17-16-29-26(31)33-27(2,3)21-12-5-4-6-13-21/h4-15H,16-18H2,1-3H3,(H,29,31). The lowest BCUT2D eigenvalue weighted by atomic mass is 9.98. The van der Waals surface area contributed by atoms with Crippen molar-refractivity contribution >= 4 is 34.7 Å². The summed E-state index contributed by atoms with van der Waals surface area (Å²) in [5.74, 6) is -0.338. The number of carbonyl (C=O) groups is 2. The van der Waals surface area contributed by atoms with Gasteiger partial charge in [0.1, 0.15) is 12.2 Å². The summed E-state index contributed by atoms with van der Waals surface area (Å²) in [6, 6.07) is 23.7. The third kappa shape index (κ3) is 6.81. The lowest BCUT2D eigenvalue weighted by Crippen LogP contribution is -2.35. The largest absolute Gasteiger partial charge is 0.464 e. The van der Waals surface area contributed by atoms with E-state index < -0.39 is 11.7 Å². The molecular formula is C27H28INO4. The minimum atomic E-state index is -0.763. The average Bonchev–Trinajstić information content (AvgIpc) is 2.79. The first kappa shape index (κ1) is 24.8. The summed E-state index contributed by atoms with van der Waals surface area (Å²) in [4.78, 5) is 24.5. The number of aryl methyl sites for hydroxylation is 1. The Morgan fingerprint density at radius 2 is 1.58 bits per heavy atom. The molecule has 6 heteroatoms. The molecule has 5 nitrogen and oxygen atoms in total. The van der Waals surface area contributed by atoms with Crippen LogP contribution in [0.25, 0.3) is 11.1 Å². The Morgan fingerprint density at radius 1 is 0.909 bits per heavy atom. The van der Waals surface area contributed by atoms with E-state index in [0.717, 1.165) is 25.8 Å². The predicted octanol–water partition coefficient (Wildman–Crippen LogP) is 6.01. The lowest BCUT2D eigenvalue weighted by molar-refractivity contribution is -0.142. The predicted molar refractivity (Wildman–Crippen MR) is 138 cm³/mol. The first-order valence-corrected chi connectivity index (χ1v) is 11.9. The van der Waals surface area contributed by atoms with Gasteiger partial charge in [-0.3, -0.25) is 4.79 Å². The van der Waals surface area contributed by atoms with Gasteiger partial charge in [-0.2, -0.15) is 0 Å². The van der Waals surface area contributed by atoms with Gasteiger partial charge in [-0.25, -0.2) is 4.79 Å². The maximum Gasteiger partial charge on any atom is 0.408 e. The minimum Gasteiger partial charge on any atom is -0.464 e. The highest BCUT2D eigenvalue weighted by Gasteiger charge is 2.25. The molecule has 3 aromatic rings. The molecule has 0 heterocycles. The molecule has 1 N–H and O–H groups in total. The van der Waals surface area contributed by atoms with Gasteiger partial charge in [0.2, 0.25) is 0 Å². The van der Waals surface area contributed by atoms with Crippen LogP contribution in [0.3, 0.4) is 0 Å². The fraction of sp³-hybridized carbons (Fsp3) is 0.259. The van der Waals surface area contributed by atoms with Crippen LogP contribution in [-0.2, 0) is 26.3 Å². The highest BCUT2D eigenvalue weighted by atomic mass is 127. The van der Waals surface area contributed by atoms with Gasteiger partial charge in [-0.15, -0.1) is 0 Å². The van der Waals surface area contributed by atoms with E-state index in [1.54, 1.807) is 0 Å². The quantitative estimate of drug-likeness (QED) is 0.209. The molecule has 1 amide bonds. The SMILES string of the molecule is Cc1ccccc1-c1cccc(CC(=O)OCCNC(=O)OC(C)(C)c2ccccc2)c1I. The van der Waals surface area contributed by atoms with Gasteiger partial charge >= 0.3 is 12.1 Å². The number of alkyl carbamates (subject to hydrolysis) is 1. The highest BCUT2D eigenvalue weighted by Crippen LogP contribution is 2.30. The molecule has 0 saturated carbocycles. The number of carbonyl (C=O) groups excluding carboxylic acids is 2. The Kier molecular flexibility index (Phi) is 8.49. The van der Waals surface area contributed by atoms with E-state index >= 15 is 0 Å². The Hall–Kier alpha value is -2.87. The molecule has 3 aromatic carbocycles. The number of hydrogen-bond acceptors (Lipinski definition) is 4. The number of halogens is 1. The molecule has 0 fully saturated rings. The molecule has 0 bridgehead atoms. The zero-order chi connectivity index (χ0) is 23.8. The number of benzene rings is 3. The molecule has 0 aromatic heterocycles. The molecule has 0 aliphatic heterocycles. The first-order chi connectivity index (χ1) is 15.8. The monoisotopic (exact) mass is 557 g/mol. The molecule has 33 heavy (non-hydrogen) atoms. The van der Waals surface area contributed by atoms with Gasteiger partial charge in [0.05, 0.1) is 13.0 Å². The van der Waals surface area contributed by atoms with Gasteiger partial charge in [-0.1, -0.05) is 72.8 Å². The molecule has 0 aliphatic carbocycles. The Labute approximate surface area is 208 Å². The fourth-order valence-electron chi connectivity index (χ4n) is 3.49. The Morgan fingerprint density at radius 3 is 2.30 bits per heavy atom. The molecule has 0 saturated heterocycles. The van der Waals surface area contributed by atoms with Crippen LogP contribution in [0, 0.1) is 10.5 Å². The molecule has 0 radical (unpaired) electrons. The normalized spacial score (nSPS) is 11.0. The number of rotatable bonds is 8. The van der Waals surface area contributed by atoms with Gasteiger partial charge < -0.3 is 14.8 Å². The molecular weight excluding hydrogens is 529 g/mol. The summed E-state index contributed by atoms with van der Waals surface area (Å²) in [7, 11) is 0. The number of amides is 1. The van der Waals surface area contributed by atoms with Crippen molar-refractivity contribution in [3.63, 3.8) is 0 Å². The summed E-state index contributed by atoms with van der Waals surface area (Å²) in [5, 5.41) is 2.64. The highest BCUT2D eigenvalue weighted by molar-refractivity contribution is 14.1. The van der Waals surface area contributed by atoms with Crippen molar-refractivity contribution in [3.05, 3.63) is 93.1 Å². The van der Waals surface area contributed by atoms with Crippen LogP contribution in [-0.4, -0.2) is 25.2 Å². The van der Waals surface area contributed by atoms with Crippen LogP contribution in [0.2, 0.25) is 0 Å². The van der Waals surface area contributed by atoms with E-state index in [-0.39, 0.29) is 25.5 Å². The first-order valence-electron chi connectivity index (χ1n) is 10.8. The summed E-state index contributed by atoms with van der Waals surface area (Å²) >= 11 is 2.28. The summed E-state index contributed by atoms with van der Waals surface area (Å²) < 4.78 is 11.9. The Bertz CT molecular complexity index is 1110. The van der Waals surface area contributed by atoms with Crippen LogP contribution in [0.5, 0.6) is 0 Å². The molecule has 172 valence electrons. The van der Waals surface area contributed by atoms with E-state index in [9.17, 15) is 9.59 Å². The summed E-state index contributed by atoms with van der Waals surface area (Å²) in [5.41, 5.74) is 4.49. The van der Waals surface area contributed by atoms with E-state index in [1.807, 2.05) is 68.4 Å². The van der Waals surface area contributed by atoms with Crippen LogP contribution in [0.15, 0.2) is 72.8 Å². The lowest BCUT2D eigenvalue weighted by Gasteiger charge is -2.25. The van der Waals surface area contributed by atoms with Crippen molar-refractivity contribution < 1.29 is 19.1 Å². The number of hydrogen-bond donors (Lipinski definition) is 1. The van der Waals surface area contributed by atoms with Crippen molar-refractivity contribution in [3.8, 4) is 11.1 Å². The molecule has 0 unspecified atom stereocenters. The van der Waals surface area contributed by atoms with Gasteiger partial charge in [0.25, 0.3) is 0 Å². The molecule has 3 rings (SSSR count). The number of nitrogens with one attached hydrogen (secondary N) is 1. The van der Waals surface area contributed by atoms with Crippen molar-refractivity contribution in [2.75, 3.05) is 13.2 Å². The van der Waals surface area contributed by atoms with Crippen LogP contribution < -0.4 is 5.32 Å². The third-order valence-electron chi connectivity index (χ3n) is 5.30. The summed E-state index contributed by atoms with van der Waals surface area (Å²) in [6.07, 6.45) is -0.385.